The molecule has 0 saturated heterocycles. The largest absolute Gasteiger partial charge is 0.478 e. The van der Waals surface area contributed by atoms with Crippen molar-refractivity contribution < 1.29 is 19.4 Å². The Morgan fingerprint density at radius 1 is 1.31 bits per heavy atom. The number of carboxylic acids is 1. The van der Waals surface area contributed by atoms with Gasteiger partial charge in [-0.1, -0.05) is 19.9 Å². The van der Waals surface area contributed by atoms with E-state index in [2.05, 4.69) is 4.74 Å². The maximum Gasteiger partial charge on any atom is 0.338 e. The minimum Gasteiger partial charge on any atom is -0.478 e. The molecule has 4 nitrogen and oxygen atoms in total. The zero-order valence-corrected chi connectivity index (χ0v) is 9.48. The van der Waals surface area contributed by atoms with Crippen LogP contribution in [0.25, 0.3) is 0 Å². The molecule has 1 rings (SSSR count). The fourth-order valence-corrected chi connectivity index (χ4v) is 1.48. The lowest BCUT2D eigenvalue weighted by atomic mass is 9.95. The van der Waals surface area contributed by atoms with Crippen LogP contribution in [0.15, 0.2) is 18.2 Å². The molecule has 1 N–H and O–H groups in total. The highest BCUT2D eigenvalue weighted by Gasteiger charge is 2.16. The molecule has 0 unspecified atom stereocenters. The average Bonchev–Trinajstić information content (AvgIpc) is 2.26. The Labute approximate surface area is 93.9 Å². The van der Waals surface area contributed by atoms with E-state index < -0.39 is 11.9 Å². The number of rotatable bonds is 3. The van der Waals surface area contributed by atoms with Gasteiger partial charge in [0.25, 0.3) is 0 Å². The summed E-state index contributed by atoms with van der Waals surface area (Å²) in [6.45, 7) is 3.87. The fraction of sp³-hybridized carbons (Fsp3) is 0.333. The van der Waals surface area contributed by atoms with Crippen LogP contribution in [0.5, 0.6) is 0 Å². The average molecular weight is 222 g/mol. The topological polar surface area (TPSA) is 63.6 Å². The first kappa shape index (κ1) is 12.2. The summed E-state index contributed by atoms with van der Waals surface area (Å²) in [5.74, 6) is -1.43. The summed E-state index contributed by atoms with van der Waals surface area (Å²) in [6, 6.07) is 4.49. The number of carbonyl (C=O) groups is 2. The number of benzene rings is 1. The van der Waals surface area contributed by atoms with E-state index in [1.165, 1.54) is 19.2 Å². The van der Waals surface area contributed by atoms with E-state index in [-0.39, 0.29) is 11.5 Å². The molecule has 0 aromatic heterocycles. The molecule has 86 valence electrons. The normalized spacial score (nSPS) is 10.2. The molecule has 1 aromatic rings. The minimum atomic E-state index is -1.06. The molecular formula is C12H14O4. The Morgan fingerprint density at radius 2 is 1.94 bits per heavy atom. The van der Waals surface area contributed by atoms with Crippen molar-refractivity contribution in [1.29, 1.82) is 0 Å². The predicted octanol–water partition coefficient (Wildman–Crippen LogP) is 2.29. The summed E-state index contributed by atoms with van der Waals surface area (Å²) in [5, 5.41) is 8.84. The van der Waals surface area contributed by atoms with Gasteiger partial charge in [-0.25, -0.2) is 9.59 Å². The number of hydrogen-bond acceptors (Lipinski definition) is 3. The van der Waals surface area contributed by atoms with Gasteiger partial charge < -0.3 is 9.84 Å². The van der Waals surface area contributed by atoms with Crippen LogP contribution in [0.3, 0.4) is 0 Å². The predicted molar refractivity (Wildman–Crippen MR) is 58.8 cm³/mol. The van der Waals surface area contributed by atoms with Gasteiger partial charge in [-0.05, 0) is 23.6 Å². The molecule has 0 spiro atoms. The van der Waals surface area contributed by atoms with Gasteiger partial charge in [-0.2, -0.15) is 0 Å². The maximum absolute atomic E-state index is 11.5. The Balaban J connectivity index is 3.32. The van der Waals surface area contributed by atoms with E-state index >= 15 is 0 Å². The number of aromatic carboxylic acids is 1. The van der Waals surface area contributed by atoms with Crippen molar-refractivity contribution in [3.63, 3.8) is 0 Å². The number of ether oxygens (including phenoxy) is 1. The third-order valence-corrected chi connectivity index (χ3v) is 2.33. The summed E-state index contributed by atoms with van der Waals surface area (Å²) in [5.41, 5.74) is 1.19. The molecule has 0 aliphatic heterocycles. The summed E-state index contributed by atoms with van der Waals surface area (Å²) in [7, 11) is 1.28. The van der Waals surface area contributed by atoms with E-state index in [1.54, 1.807) is 6.07 Å². The molecule has 0 bridgehead atoms. The Morgan fingerprint density at radius 3 is 2.38 bits per heavy atom. The van der Waals surface area contributed by atoms with Crippen LogP contribution in [0, 0.1) is 0 Å². The second kappa shape index (κ2) is 4.79. The molecule has 0 atom stereocenters. The van der Waals surface area contributed by atoms with Crippen molar-refractivity contribution in [3.05, 3.63) is 34.9 Å². The van der Waals surface area contributed by atoms with Crippen molar-refractivity contribution in [2.45, 2.75) is 19.8 Å². The zero-order chi connectivity index (χ0) is 12.3. The lowest BCUT2D eigenvalue weighted by Gasteiger charge is -2.11. The van der Waals surface area contributed by atoms with E-state index in [0.29, 0.717) is 5.56 Å². The highest BCUT2D eigenvalue weighted by atomic mass is 16.5. The lowest BCUT2D eigenvalue weighted by Crippen LogP contribution is -2.09. The van der Waals surface area contributed by atoms with Crippen LogP contribution in [-0.2, 0) is 4.74 Å². The highest BCUT2D eigenvalue weighted by Crippen LogP contribution is 2.21. The molecule has 0 fully saturated rings. The zero-order valence-electron chi connectivity index (χ0n) is 9.48. The van der Waals surface area contributed by atoms with Crippen LogP contribution < -0.4 is 0 Å². The summed E-state index contributed by atoms with van der Waals surface area (Å²) < 4.78 is 4.63. The van der Waals surface area contributed by atoms with Crippen LogP contribution in [0.2, 0.25) is 0 Å². The highest BCUT2D eigenvalue weighted by molar-refractivity contribution is 5.95. The molecule has 0 amide bonds. The van der Waals surface area contributed by atoms with Crippen LogP contribution in [0.1, 0.15) is 46.0 Å². The van der Waals surface area contributed by atoms with Gasteiger partial charge in [0.2, 0.25) is 0 Å². The molecule has 0 saturated carbocycles. The van der Waals surface area contributed by atoms with E-state index in [4.69, 9.17) is 5.11 Å². The number of esters is 1. The third kappa shape index (κ3) is 2.39. The van der Waals surface area contributed by atoms with Gasteiger partial charge in [0, 0.05) is 0 Å². The smallest absolute Gasteiger partial charge is 0.338 e. The molecule has 1 aromatic carbocycles. The van der Waals surface area contributed by atoms with Crippen LogP contribution in [0.4, 0.5) is 0 Å². The monoisotopic (exact) mass is 222 g/mol. The summed E-state index contributed by atoms with van der Waals surface area (Å²) in [4.78, 5) is 22.3. The summed E-state index contributed by atoms with van der Waals surface area (Å²) in [6.07, 6.45) is 0. The van der Waals surface area contributed by atoms with Crippen molar-refractivity contribution >= 4 is 11.9 Å². The van der Waals surface area contributed by atoms with Crippen molar-refractivity contribution in [2.24, 2.45) is 0 Å². The molecule has 4 heteroatoms. The van der Waals surface area contributed by atoms with Gasteiger partial charge in [0.15, 0.2) is 0 Å². The molecular weight excluding hydrogens is 208 g/mol. The minimum absolute atomic E-state index is 0.0878. The van der Waals surface area contributed by atoms with Crippen LogP contribution in [-0.4, -0.2) is 24.2 Å². The van der Waals surface area contributed by atoms with Gasteiger partial charge in [0.1, 0.15) is 0 Å². The maximum atomic E-state index is 11.5. The molecule has 0 radical (unpaired) electrons. The van der Waals surface area contributed by atoms with Gasteiger partial charge in [-0.3, -0.25) is 0 Å². The lowest BCUT2D eigenvalue weighted by molar-refractivity contribution is 0.0599. The van der Waals surface area contributed by atoms with Crippen molar-refractivity contribution in [2.75, 3.05) is 7.11 Å². The first-order valence-corrected chi connectivity index (χ1v) is 4.93. The van der Waals surface area contributed by atoms with E-state index in [1.807, 2.05) is 13.8 Å². The van der Waals surface area contributed by atoms with Crippen molar-refractivity contribution in [3.8, 4) is 0 Å². The number of hydrogen-bond donors (Lipinski definition) is 1. The Bertz CT molecular complexity index is 421. The Kier molecular flexibility index (Phi) is 3.66. The standard InChI is InChI=1S/C12H14O4/c1-7(2)9-5-4-8(11(13)14)6-10(9)12(15)16-3/h4-7H,1-3H3,(H,13,14). The number of carboxylic acid groups (broad SMARTS) is 1. The molecule has 16 heavy (non-hydrogen) atoms. The summed E-state index contributed by atoms with van der Waals surface area (Å²) >= 11 is 0. The quantitative estimate of drug-likeness (QED) is 0.797. The first-order valence-electron chi connectivity index (χ1n) is 4.93. The molecule has 0 aliphatic carbocycles. The van der Waals surface area contributed by atoms with Gasteiger partial charge >= 0.3 is 11.9 Å². The molecule has 0 heterocycles. The van der Waals surface area contributed by atoms with E-state index in [9.17, 15) is 9.59 Å². The molecule has 0 aliphatic rings. The van der Waals surface area contributed by atoms with Gasteiger partial charge in [-0.15, -0.1) is 0 Å². The number of carbonyl (C=O) groups excluding carboxylic acids is 1. The second-order valence-corrected chi connectivity index (χ2v) is 3.75. The fourth-order valence-electron chi connectivity index (χ4n) is 1.48. The van der Waals surface area contributed by atoms with Crippen molar-refractivity contribution in [1.82, 2.24) is 0 Å². The number of methoxy groups -OCH3 is 1. The first-order chi connectivity index (χ1) is 7.47. The second-order valence-electron chi connectivity index (χ2n) is 3.75. The SMILES string of the molecule is COC(=O)c1cc(C(=O)O)ccc1C(C)C. The Hall–Kier alpha value is -1.84. The van der Waals surface area contributed by atoms with E-state index in [0.717, 1.165) is 5.56 Å². The third-order valence-electron chi connectivity index (χ3n) is 2.33. The van der Waals surface area contributed by atoms with Crippen LogP contribution >= 0.6 is 0 Å². The van der Waals surface area contributed by atoms with Gasteiger partial charge in [0.05, 0.1) is 18.2 Å².